The van der Waals surface area contributed by atoms with E-state index in [1.165, 1.54) is 88.3 Å². The number of hydrogen-bond acceptors (Lipinski definition) is 1. The van der Waals surface area contributed by atoms with Crippen LogP contribution in [0.5, 0.6) is 0 Å². The number of fused-ring (bicyclic) bond motifs is 5. The molecule has 0 radical (unpaired) electrons. The Labute approximate surface area is 352 Å². The van der Waals surface area contributed by atoms with Gasteiger partial charge in [0.2, 0.25) is 0 Å². The lowest BCUT2D eigenvalue weighted by molar-refractivity contribution is 0.660. The van der Waals surface area contributed by atoms with Gasteiger partial charge in [0.15, 0.2) is 0 Å². The van der Waals surface area contributed by atoms with Crippen LogP contribution in [-0.2, 0) is 5.41 Å². The molecule has 0 aliphatic heterocycles. The lowest BCUT2D eigenvalue weighted by Gasteiger charge is -2.30. The summed E-state index contributed by atoms with van der Waals surface area (Å²) in [7, 11) is 0. The number of hydrogen-bond donors (Lipinski definition) is 0. The van der Waals surface area contributed by atoms with Crippen molar-refractivity contribution in [3.63, 3.8) is 0 Å². The van der Waals surface area contributed by atoms with E-state index in [2.05, 4.69) is 243 Å². The summed E-state index contributed by atoms with van der Waals surface area (Å²) in [6, 6.07) is 82.5. The summed E-state index contributed by atoms with van der Waals surface area (Å²) in [4.78, 5) is 2.47. The second kappa shape index (κ2) is 14.4. The highest BCUT2D eigenvalue weighted by Gasteiger charge is 2.36. The van der Waals surface area contributed by atoms with Crippen molar-refractivity contribution < 1.29 is 0 Å². The Balaban J connectivity index is 1.06. The fourth-order valence-electron chi connectivity index (χ4n) is 9.51. The third kappa shape index (κ3) is 6.10. The van der Waals surface area contributed by atoms with Gasteiger partial charge in [0.1, 0.15) is 0 Å². The second-order valence-corrected chi connectivity index (χ2v) is 16.5. The summed E-state index contributed by atoms with van der Waals surface area (Å²) in [5, 5.41) is 5.01. The normalized spacial score (nSPS) is 12.6. The van der Waals surface area contributed by atoms with Crippen molar-refractivity contribution >= 4 is 38.6 Å². The van der Waals surface area contributed by atoms with Gasteiger partial charge in [-0.25, -0.2) is 0 Å². The highest BCUT2D eigenvalue weighted by Crippen LogP contribution is 2.51. The molecule has 10 aromatic rings. The molecule has 1 aliphatic carbocycles. The Kier molecular flexibility index (Phi) is 8.57. The number of nitrogens with zero attached hydrogens (tertiary/aromatic N) is 1. The maximum absolute atomic E-state index is 2.47. The molecule has 0 saturated carbocycles. The minimum Gasteiger partial charge on any atom is -0.310 e. The minimum atomic E-state index is -0.134. The maximum Gasteiger partial charge on any atom is 0.0546 e. The van der Waals surface area contributed by atoms with Crippen molar-refractivity contribution in [3.8, 4) is 55.6 Å². The fraction of sp³-hybridized carbons (Fsp3) is 0.0508. The van der Waals surface area contributed by atoms with Gasteiger partial charge in [0.05, 0.1) is 5.69 Å². The molecule has 1 aliphatic rings. The molecule has 1 nitrogen and oxygen atoms in total. The molecule has 60 heavy (non-hydrogen) atoms. The van der Waals surface area contributed by atoms with Crippen LogP contribution >= 0.6 is 0 Å². The fourth-order valence-corrected chi connectivity index (χ4v) is 9.51. The lowest BCUT2D eigenvalue weighted by Crippen LogP contribution is -2.17. The smallest absolute Gasteiger partial charge is 0.0546 e. The van der Waals surface area contributed by atoms with Crippen LogP contribution in [0.2, 0.25) is 0 Å². The van der Waals surface area contributed by atoms with Gasteiger partial charge in [-0.2, -0.15) is 0 Å². The number of anilines is 3. The van der Waals surface area contributed by atoms with Gasteiger partial charge in [0, 0.05) is 22.4 Å². The average Bonchev–Trinajstić information content (AvgIpc) is 3.54. The topological polar surface area (TPSA) is 3.24 Å². The molecular weight excluding hydrogens is 723 g/mol. The molecule has 0 saturated heterocycles. The Morgan fingerprint density at radius 1 is 0.300 bits per heavy atom. The van der Waals surface area contributed by atoms with E-state index in [0.717, 1.165) is 17.1 Å². The first-order chi connectivity index (χ1) is 29.5. The van der Waals surface area contributed by atoms with Crippen LogP contribution in [0.3, 0.4) is 0 Å². The van der Waals surface area contributed by atoms with E-state index in [4.69, 9.17) is 0 Å². The highest BCUT2D eigenvalue weighted by molar-refractivity contribution is 5.97. The van der Waals surface area contributed by atoms with Crippen LogP contribution in [0, 0.1) is 0 Å². The minimum absolute atomic E-state index is 0.134. The van der Waals surface area contributed by atoms with Crippen LogP contribution < -0.4 is 4.90 Å². The Morgan fingerprint density at radius 2 is 0.833 bits per heavy atom. The van der Waals surface area contributed by atoms with E-state index in [1.807, 2.05) is 0 Å². The van der Waals surface area contributed by atoms with E-state index < -0.39 is 0 Å². The predicted octanol–water partition coefficient (Wildman–Crippen LogP) is 16.4. The summed E-state index contributed by atoms with van der Waals surface area (Å²) >= 11 is 0. The Hall–Kier alpha value is -7.48. The monoisotopic (exact) mass is 765 g/mol. The van der Waals surface area contributed by atoms with Gasteiger partial charge >= 0.3 is 0 Å². The van der Waals surface area contributed by atoms with Gasteiger partial charge in [-0.3, -0.25) is 0 Å². The predicted molar refractivity (Wildman–Crippen MR) is 255 cm³/mol. The highest BCUT2D eigenvalue weighted by atomic mass is 15.1. The zero-order valence-electron chi connectivity index (χ0n) is 33.8. The standard InChI is InChI=1S/C59H43N/c1-59(2)56-22-11-10-20-54(56)55-36-34-50(39-57(55)59)60(49-32-29-42(30-33-49)41-23-26-45(27-24-41)52-21-12-18-43-16-8-9-19-51(43)52)58-38-48(31-35-53(58)44-14-4-3-5-15-44)47-28-25-40-13-6-7-17-46(40)37-47/h3-39H,1-2H3. The molecule has 0 heterocycles. The van der Waals surface area contributed by atoms with E-state index in [9.17, 15) is 0 Å². The average molecular weight is 766 g/mol. The van der Waals surface area contributed by atoms with Crippen molar-refractivity contribution in [1.29, 1.82) is 0 Å². The molecular formula is C59H43N. The first kappa shape index (κ1) is 35.7. The molecule has 284 valence electrons. The number of benzene rings is 10. The van der Waals surface area contributed by atoms with E-state index >= 15 is 0 Å². The molecule has 0 aromatic heterocycles. The first-order valence-corrected chi connectivity index (χ1v) is 20.9. The summed E-state index contributed by atoms with van der Waals surface area (Å²) in [5.74, 6) is 0. The summed E-state index contributed by atoms with van der Waals surface area (Å²) in [6.45, 7) is 4.73. The van der Waals surface area contributed by atoms with Gasteiger partial charge in [-0.05, 0) is 119 Å². The Bertz CT molecular complexity index is 3200. The summed E-state index contributed by atoms with van der Waals surface area (Å²) in [5.41, 5.74) is 18.2. The molecule has 10 aromatic carbocycles. The van der Waals surface area contributed by atoms with Crippen LogP contribution in [0.25, 0.3) is 77.2 Å². The van der Waals surface area contributed by atoms with Gasteiger partial charge in [-0.15, -0.1) is 0 Å². The molecule has 0 fully saturated rings. The van der Waals surface area contributed by atoms with Crippen molar-refractivity contribution in [2.75, 3.05) is 4.90 Å². The van der Waals surface area contributed by atoms with Crippen LogP contribution in [-0.4, -0.2) is 0 Å². The maximum atomic E-state index is 2.47. The van der Waals surface area contributed by atoms with Crippen LogP contribution in [0.15, 0.2) is 224 Å². The molecule has 0 bridgehead atoms. The van der Waals surface area contributed by atoms with E-state index in [-0.39, 0.29) is 5.41 Å². The van der Waals surface area contributed by atoms with Gasteiger partial charge in [0.25, 0.3) is 0 Å². The molecule has 11 rings (SSSR count). The molecule has 0 unspecified atom stereocenters. The van der Waals surface area contributed by atoms with Gasteiger partial charge in [-0.1, -0.05) is 202 Å². The lowest BCUT2D eigenvalue weighted by atomic mass is 9.82. The summed E-state index contributed by atoms with van der Waals surface area (Å²) < 4.78 is 0. The number of rotatable bonds is 7. The zero-order valence-corrected chi connectivity index (χ0v) is 33.8. The summed E-state index contributed by atoms with van der Waals surface area (Å²) in [6.07, 6.45) is 0. The third-order valence-corrected chi connectivity index (χ3v) is 12.7. The van der Waals surface area contributed by atoms with Crippen molar-refractivity contribution in [2.45, 2.75) is 19.3 Å². The SMILES string of the molecule is CC1(C)c2ccccc2-c2ccc(N(c3ccc(-c4ccc(-c5cccc6ccccc56)cc4)cc3)c3cc(-c4ccc5ccccc5c4)ccc3-c3ccccc3)cc21. The third-order valence-electron chi connectivity index (χ3n) is 12.7. The second-order valence-electron chi connectivity index (χ2n) is 16.5. The largest absolute Gasteiger partial charge is 0.310 e. The Morgan fingerprint density at radius 3 is 1.65 bits per heavy atom. The molecule has 1 heteroatoms. The molecule has 0 amide bonds. The van der Waals surface area contributed by atoms with Crippen LogP contribution in [0.1, 0.15) is 25.0 Å². The molecule has 0 atom stereocenters. The molecule has 0 N–H and O–H groups in total. The van der Waals surface area contributed by atoms with Crippen molar-refractivity contribution in [1.82, 2.24) is 0 Å². The van der Waals surface area contributed by atoms with E-state index in [0.29, 0.717) is 0 Å². The van der Waals surface area contributed by atoms with Crippen molar-refractivity contribution in [2.24, 2.45) is 0 Å². The first-order valence-electron chi connectivity index (χ1n) is 20.9. The van der Waals surface area contributed by atoms with Crippen LogP contribution in [0.4, 0.5) is 17.1 Å². The molecule has 0 spiro atoms. The zero-order chi connectivity index (χ0) is 40.2. The quantitative estimate of drug-likeness (QED) is 0.156. The van der Waals surface area contributed by atoms with Crippen molar-refractivity contribution in [3.05, 3.63) is 236 Å². The van der Waals surface area contributed by atoms with Gasteiger partial charge < -0.3 is 4.90 Å². The van der Waals surface area contributed by atoms with E-state index in [1.54, 1.807) is 0 Å².